The molecule has 0 heterocycles. The summed E-state index contributed by atoms with van der Waals surface area (Å²) < 4.78 is 12.2. The van der Waals surface area contributed by atoms with E-state index >= 15 is 0 Å². The molecular weight excluding hydrogens is 143 g/mol. The zero-order valence-corrected chi connectivity index (χ0v) is 5.87. The highest BCUT2D eigenvalue weighted by Gasteiger charge is 1.99. The van der Waals surface area contributed by atoms with Gasteiger partial charge in [-0.2, -0.15) is 4.79 Å². The molecule has 0 bridgehead atoms. The van der Waals surface area contributed by atoms with Crippen LogP contribution in [0.2, 0.25) is 0 Å². The molecule has 3 heteroatoms. The van der Waals surface area contributed by atoms with E-state index in [1.807, 2.05) is 0 Å². The van der Waals surface area contributed by atoms with Crippen LogP contribution in [0.25, 0.3) is 5.53 Å². The van der Waals surface area contributed by atoms with E-state index in [0.29, 0.717) is 11.1 Å². The fourth-order valence-electron chi connectivity index (χ4n) is 0.844. The van der Waals surface area contributed by atoms with Gasteiger partial charge in [0.2, 0.25) is 0 Å². The Morgan fingerprint density at radius 2 is 2.18 bits per heavy atom. The minimum Gasteiger partial charge on any atom is -0.361 e. The fraction of sp³-hybridized carbons (Fsp3) is 0.125. The summed E-state index contributed by atoms with van der Waals surface area (Å²) in [5.41, 5.74) is 9.33. The molecule has 2 nitrogen and oxygen atoms in total. The summed E-state index contributed by atoms with van der Waals surface area (Å²) in [6.07, 6.45) is 1.22. The number of halogens is 1. The van der Waals surface area contributed by atoms with Crippen LogP contribution in [-0.2, 0) is 6.67 Å². The number of alkyl halides is 1. The van der Waals surface area contributed by atoms with Crippen LogP contribution in [0.4, 0.5) is 4.39 Å². The van der Waals surface area contributed by atoms with E-state index in [9.17, 15) is 4.39 Å². The zero-order valence-electron chi connectivity index (χ0n) is 5.87. The third-order valence-electron chi connectivity index (χ3n) is 1.40. The lowest BCUT2D eigenvalue weighted by molar-refractivity contribution is 0.00448. The summed E-state index contributed by atoms with van der Waals surface area (Å²) >= 11 is 0. The molecule has 0 spiro atoms. The van der Waals surface area contributed by atoms with Crippen LogP contribution in [-0.4, -0.2) is 11.0 Å². The monoisotopic (exact) mass is 150 g/mol. The van der Waals surface area contributed by atoms with E-state index in [1.54, 1.807) is 24.3 Å². The van der Waals surface area contributed by atoms with Crippen molar-refractivity contribution in [3.8, 4) is 0 Å². The fourth-order valence-corrected chi connectivity index (χ4v) is 0.844. The molecule has 0 atom stereocenters. The van der Waals surface area contributed by atoms with Gasteiger partial charge in [0.1, 0.15) is 6.67 Å². The van der Waals surface area contributed by atoms with Crippen molar-refractivity contribution in [2.75, 3.05) is 0 Å². The first-order valence-electron chi connectivity index (χ1n) is 3.20. The van der Waals surface area contributed by atoms with Gasteiger partial charge < -0.3 is 5.53 Å². The van der Waals surface area contributed by atoms with E-state index in [4.69, 9.17) is 5.53 Å². The minimum absolute atomic E-state index is 0.533. The van der Waals surface area contributed by atoms with E-state index in [-0.39, 0.29) is 0 Å². The third-order valence-corrected chi connectivity index (χ3v) is 1.40. The quantitative estimate of drug-likeness (QED) is 0.350. The maximum Gasteiger partial charge on any atom is 0.288 e. The van der Waals surface area contributed by atoms with Crippen molar-refractivity contribution < 1.29 is 9.18 Å². The number of hydrogen-bond donors (Lipinski definition) is 0. The summed E-state index contributed by atoms with van der Waals surface area (Å²) in [6, 6.07) is 6.84. The Morgan fingerprint density at radius 3 is 2.82 bits per heavy atom. The lowest BCUT2D eigenvalue weighted by Crippen LogP contribution is -1.89. The van der Waals surface area contributed by atoms with Gasteiger partial charge in [-0.05, 0) is 11.6 Å². The van der Waals surface area contributed by atoms with Crippen LogP contribution in [0.15, 0.2) is 24.3 Å². The van der Waals surface area contributed by atoms with Gasteiger partial charge in [0.15, 0.2) is 0 Å². The van der Waals surface area contributed by atoms with E-state index < -0.39 is 6.67 Å². The lowest BCUT2D eigenvalue weighted by Gasteiger charge is -1.93. The zero-order chi connectivity index (χ0) is 8.10. The predicted octanol–water partition coefficient (Wildman–Crippen LogP) is 1.80. The Morgan fingerprint density at radius 1 is 1.45 bits per heavy atom. The molecule has 0 aromatic heterocycles. The van der Waals surface area contributed by atoms with E-state index in [2.05, 4.69) is 4.79 Å². The van der Waals surface area contributed by atoms with Gasteiger partial charge in [0.05, 0.1) is 5.56 Å². The van der Waals surface area contributed by atoms with Gasteiger partial charge in [-0.25, -0.2) is 4.39 Å². The van der Waals surface area contributed by atoms with E-state index in [1.165, 1.54) is 6.21 Å². The van der Waals surface area contributed by atoms with Gasteiger partial charge >= 0.3 is 0 Å². The first kappa shape index (κ1) is 7.63. The van der Waals surface area contributed by atoms with Crippen LogP contribution in [0, 0.1) is 0 Å². The molecule has 0 radical (unpaired) electrons. The molecule has 56 valence electrons. The molecule has 0 N–H and O–H groups in total. The molecule has 0 aliphatic heterocycles. The summed E-state index contributed by atoms with van der Waals surface area (Å²) in [7, 11) is 0. The number of benzene rings is 1. The molecule has 0 unspecified atom stereocenters. The Hall–Kier alpha value is -1.47. The average Bonchev–Trinajstić information content (AvgIpc) is 2.06. The smallest absolute Gasteiger partial charge is 0.288 e. The molecule has 1 aromatic rings. The minimum atomic E-state index is -0.539. The van der Waals surface area contributed by atoms with Crippen molar-refractivity contribution in [3.63, 3.8) is 0 Å². The average molecular weight is 150 g/mol. The second-order valence-electron chi connectivity index (χ2n) is 2.08. The van der Waals surface area contributed by atoms with Gasteiger partial charge in [-0.15, -0.1) is 0 Å². The molecule has 0 fully saturated rings. The molecular formula is C8H7FN2. The third kappa shape index (κ3) is 1.72. The largest absolute Gasteiger partial charge is 0.361 e. The summed E-state index contributed by atoms with van der Waals surface area (Å²) in [5, 5.41) is 0. The van der Waals surface area contributed by atoms with Crippen molar-refractivity contribution in [1.29, 1.82) is 0 Å². The molecule has 1 rings (SSSR count). The highest BCUT2D eigenvalue weighted by molar-refractivity contribution is 5.77. The van der Waals surface area contributed by atoms with Crippen LogP contribution >= 0.6 is 0 Å². The number of hydrogen-bond acceptors (Lipinski definition) is 0. The van der Waals surface area contributed by atoms with Crippen LogP contribution in [0.5, 0.6) is 0 Å². The maximum absolute atomic E-state index is 12.2. The summed E-state index contributed by atoms with van der Waals surface area (Å²) in [5.74, 6) is 0. The van der Waals surface area contributed by atoms with Gasteiger partial charge in [-0.1, -0.05) is 18.2 Å². The highest BCUT2D eigenvalue weighted by Crippen LogP contribution is 2.06. The Labute approximate surface area is 63.9 Å². The predicted molar refractivity (Wildman–Crippen MR) is 40.0 cm³/mol. The molecule has 0 aliphatic carbocycles. The van der Waals surface area contributed by atoms with Crippen LogP contribution < -0.4 is 0 Å². The van der Waals surface area contributed by atoms with E-state index in [0.717, 1.165) is 0 Å². The molecule has 11 heavy (non-hydrogen) atoms. The summed E-state index contributed by atoms with van der Waals surface area (Å²) in [6.45, 7) is -0.539. The topological polar surface area (TPSA) is 36.4 Å². The first-order valence-corrected chi connectivity index (χ1v) is 3.20. The van der Waals surface area contributed by atoms with Crippen LogP contribution in [0.1, 0.15) is 11.1 Å². The molecule has 0 amide bonds. The molecule has 0 saturated heterocycles. The Bertz CT molecular complexity index is 290. The van der Waals surface area contributed by atoms with Crippen molar-refractivity contribution in [2.45, 2.75) is 6.67 Å². The second-order valence-corrected chi connectivity index (χ2v) is 2.08. The van der Waals surface area contributed by atoms with Crippen molar-refractivity contribution in [3.05, 3.63) is 40.9 Å². The number of rotatable bonds is 2. The van der Waals surface area contributed by atoms with Crippen molar-refractivity contribution >= 4 is 6.21 Å². The SMILES string of the molecule is [N-]=[N+]=Cc1ccccc1CF. The lowest BCUT2D eigenvalue weighted by atomic mass is 10.1. The number of nitrogens with zero attached hydrogens (tertiary/aromatic N) is 2. The Kier molecular flexibility index (Phi) is 2.53. The highest BCUT2D eigenvalue weighted by atomic mass is 19.1. The van der Waals surface area contributed by atoms with Gasteiger partial charge in [0, 0.05) is 0 Å². The van der Waals surface area contributed by atoms with Crippen LogP contribution in [0.3, 0.4) is 0 Å². The molecule has 0 aliphatic rings. The van der Waals surface area contributed by atoms with Crippen molar-refractivity contribution in [2.24, 2.45) is 0 Å². The standard InChI is InChI=1S/C8H7FN2/c9-5-7-3-1-2-4-8(7)6-11-10/h1-4,6H,5H2. The van der Waals surface area contributed by atoms with Crippen molar-refractivity contribution in [1.82, 2.24) is 0 Å². The molecule has 1 aromatic carbocycles. The normalized spacial score (nSPS) is 8.82. The Balaban J connectivity index is 3.11. The molecule has 0 saturated carbocycles. The van der Waals surface area contributed by atoms with Gasteiger partial charge in [0.25, 0.3) is 6.21 Å². The second kappa shape index (κ2) is 3.64. The maximum atomic E-state index is 12.2. The van der Waals surface area contributed by atoms with Gasteiger partial charge in [-0.3, -0.25) is 0 Å². The summed E-state index contributed by atoms with van der Waals surface area (Å²) in [4.78, 5) is 2.82. The first-order chi connectivity index (χ1) is 5.38.